The largest absolute Gasteiger partial charge is 0.480 e. The molecule has 2 aromatic heterocycles. The number of carbonyl (C=O) groups is 2. The van der Waals surface area contributed by atoms with Crippen LogP contribution in [0.2, 0.25) is 0 Å². The van der Waals surface area contributed by atoms with E-state index in [1.165, 1.54) is 0 Å². The maximum absolute atomic E-state index is 12.1. The Hall–Kier alpha value is -3.15. The Kier molecular flexibility index (Phi) is 5.09. The molecule has 0 aliphatic heterocycles. The Bertz CT molecular complexity index is 874. The number of aryl methyl sites for hydroxylation is 1. The minimum atomic E-state index is -1.04. The third-order valence-corrected chi connectivity index (χ3v) is 4.07. The summed E-state index contributed by atoms with van der Waals surface area (Å²) in [5.41, 5.74) is 2.62. The number of aromatic amines is 1. The predicted octanol–water partition coefficient (Wildman–Crippen LogP) is 2.31. The summed E-state index contributed by atoms with van der Waals surface area (Å²) in [4.78, 5) is 30.9. The van der Waals surface area contributed by atoms with Crippen LogP contribution < -0.4 is 5.32 Å². The number of benzene rings is 1. The molecule has 6 heteroatoms. The lowest BCUT2D eigenvalue weighted by atomic mass is 10.0. The number of nitrogens with zero attached hydrogens (tertiary/aromatic N) is 1. The second-order valence-electron chi connectivity index (χ2n) is 5.84. The molecule has 0 aliphatic rings. The van der Waals surface area contributed by atoms with Gasteiger partial charge in [0, 0.05) is 41.8 Å². The quantitative estimate of drug-likeness (QED) is 0.616. The fourth-order valence-electron chi connectivity index (χ4n) is 2.77. The van der Waals surface area contributed by atoms with Crippen LogP contribution >= 0.6 is 0 Å². The number of para-hydroxylation sites is 1. The zero-order valence-corrected chi connectivity index (χ0v) is 13.6. The second-order valence-corrected chi connectivity index (χ2v) is 5.84. The van der Waals surface area contributed by atoms with Crippen LogP contribution in [0.4, 0.5) is 0 Å². The van der Waals surface area contributed by atoms with Crippen molar-refractivity contribution in [3.63, 3.8) is 0 Å². The number of fused-ring (bicyclic) bond motifs is 1. The molecular weight excluding hydrogens is 318 g/mol. The van der Waals surface area contributed by atoms with Crippen LogP contribution in [0.15, 0.2) is 54.9 Å². The Morgan fingerprint density at radius 2 is 1.96 bits per heavy atom. The summed E-state index contributed by atoms with van der Waals surface area (Å²) in [7, 11) is 0. The molecule has 0 saturated carbocycles. The van der Waals surface area contributed by atoms with Gasteiger partial charge >= 0.3 is 5.97 Å². The van der Waals surface area contributed by atoms with Gasteiger partial charge < -0.3 is 15.4 Å². The molecule has 128 valence electrons. The number of hydrogen-bond donors (Lipinski definition) is 3. The van der Waals surface area contributed by atoms with Gasteiger partial charge in [-0.1, -0.05) is 24.3 Å². The minimum Gasteiger partial charge on any atom is -0.480 e. The van der Waals surface area contributed by atoms with E-state index in [9.17, 15) is 14.7 Å². The number of nitrogens with one attached hydrogen (secondary N) is 2. The van der Waals surface area contributed by atoms with E-state index in [0.717, 1.165) is 22.2 Å². The Labute approximate surface area is 144 Å². The molecule has 0 spiro atoms. The molecule has 25 heavy (non-hydrogen) atoms. The number of pyridine rings is 1. The molecule has 2 heterocycles. The van der Waals surface area contributed by atoms with Gasteiger partial charge in [0.05, 0.1) is 0 Å². The number of H-pyrrole nitrogens is 1. The molecule has 0 radical (unpaired) electrons. The number of amides is 1. The molecule has 0 unspecified atom stereocenters. The van der Waals surface area contributed by atoms with Crippen LogP contribution in [0.5, 0.6) is 0 Å². The van der Waals surface area contributed by atoms with Gasteiger partial charge in [-0.15, -0.1) is 0 Å². The summed E-state index contributed by atoms with van der Waals surface area (Å²) in [5.74, 6) is -1.34. The van der Waals surface area contributed by atoms with Crippen LogP contribution in [0.25, 0.3) is 10.9 Å². The molecule has 1 aromatic carbocycles. The SMILES string of the molecule is O=C(CCc1ccccn1)N[C@H](Cc1c[nH]c2ccccc12)C(=O)O. The first kappa shape index (κ1) is 16.7. The molecule has 1 atom stereocenters. The third kappa shape index (κ3) is 4.23. The van der Waals surface area contributed by atoms with E-state index in [0.29, 0.717) is 6.42 Å². The number of carbonyl (C=O) groups excluding carboxylic acids is 1. The molecule has 0 bridgehead atoms. The average Bonchev–Trinajstić information content (AvgIpc) is 3.03. The summed E-state index contributed by atoms with van der Waals surface area (Å²) < 4.78 is 0. The van der Waals surface area contributed by atoms with Gasteiger partial charge in [0.2, 0.25) is 5.91 Å². The molecular formula is C19H19N3O3. The van der Waals surface area contributed by atoms with Crippen LogP contribution in [-0.2, 0) is 22.4 Å². The molecule has 6 nitrogen and oxygen atoms in total. The molecule has 0 aliphatic carbocycles. The van der Waals surface area contributed by atoms with Crippen LogP contribution in [0.3, 0.4) is 0 Å². The smallest absolute Gasteiger partial charge is 0.326 e. The number of aliphatic carboxylic acids is 1. The maximum atomic E-state index is 12.1. The Balaban J connectivity index is 1.63. The Morgan fingerprint density at radius 3 is 2.72 bits per heavy atom. The van der Waals surface area contributed by atoms with Crippen molar-refractivity contribution in [2.75, 3.05) is 0 Å². The lowest BCUT2D eigenvalue weighted by Crippen LogP contribution is -2.42. The third-order valence-electron chi connectivity index (χ3n) is 4.07. The first-order chi connectivity index (χ1) is 12.1. The second kappa shape index (κ2) is 7.61. The molecule has 0 fully saturated rings. The molecule has 0 saturated heterocycles. The van der Waals surface area contributed by atoms with Crippen molar-refractivity contribution < 1.29 is 14.7 Å². The van der Waals surface area contributed by atoms with Crippen molar-refractivity contribution in [2.45, 2.75) is 25.3 Å². The van der Waals surface area contributed by atoms with E-state index in [4.69, 9.17) is 0 Å². The van der Waals surface area contributed by atoms with Gasteiger partial charge in [-0.25, -0.2) is 4.79 Å². The summed E-state index contributed by atoms with van der Waals surface area (Å²) >= 11 is 0. The highest BCUT2D eigenvalue weighted by Crippen LogP contribution is 2.19. The number of carboxylic acids is 1. The summed E-state index contributed by atoms with van der Waals surface area (Å²) in [6.45, 7) is 0. The minimum absolute atomic E-state index is 0.203. The van der Waals surface area contributed by atoms with Crippen molar-refractivity contribution in [3.05, 3.63) is 66.1 Å². The van der Waals surface area contributed by atoms with Crippen molar-refractivity contribution in [3.8, 4) is 0 Å². The summed E-state index contributed by atoms with van der Waals surface area (Å²) in [6, 6.07) is 12.2. The number of rotatable bonds is 7. The maximum Gasteiger partial charge on any atom is 0.326 e. The van der Waals surface area contributed by atoms with Gasteiger partial charge in [0.1, 0.15) is 6.04 Å². The van der Waals surface area contributed by atoms with Crippen molar-refractivity contribution >= 4 is 22.8 Å². The lowest BCUT2D eigenvalue weighted by Gasteiger charge is -2.14. The first-order valence-electron chi connectivity index (χ1n) is 8.10. The lowest BCUT2D eigenvalue weighted by molar-refractivity contribution is -0.141. The fraction of sp³-hybridized carbons (Fsp3) is 0.211. The van der Waals surface area contributed by atoms with Gasteiger partial charge in [0.15, 0.2) is 0 Å². The number of carboxylic acid groups (broad SMARTS) is 1. The zero-order chi connectivity index (χ0) is 17.6. The van der Waals surface area contributed by atoms with Crippen LogP contribution in [0, 0.1) is 0 Å². The average molecular weight is 337 g/mol. The van der Waals surface area contributed by atoms with Crippen LogP contribution in [-0.4, -0.2) is 33.0 Å². The van der Waals surface area contributed by atoms with Crippen molar-refractivity contribution in [2.24, 2.45) is 0 Å². The summed E-state index contributed by atoms with van der Waals surface area (Å²) in [6.07, 6.45) is 4.38. The van der Waals surface area contributed by atoms with E-state index in [2.05, 4.69) is 15.3 Å². The zero-order valence-electron chi connectivity index (χ0n) is 13.6. The highest BCUT2D eigenvalue weighted by atomic mass is 16.4. The van der Waals surface area contributed by atoms with E-state index in [1.807, 2.05) is 42.5 Å². The van der Waals surface area contributed by atoms with E-state index in [-0.39, 0.29) is 18.7 Å². The van der Waals surface area contributed by atoms with E-state index in [1.54, 1.807) is 12.4 Å². The highest BCUT2D eigenvalue weighted by molar-refractivity contribution is 5.86. The van der Waals surface area contributed by atoms with E-state index < -0.39 is 12.0 Å². The standard InChI is InChI=1S/C19H19N3O3/c23-18(9-8-14-5-3-4-10-20-14)22-17(19(24)25)11-13-12-21-16-7-2-1-6-15(13)16/h1-7,10,12,17,21H,8-9,11H2,(H,22,23)(H,24,25)/t17-/m1/s1. The number of aromatic nitrogens is 2. The topological polar surface area (TPSA) is 95.1 Å². The van der Waals surface area contributed by atoms with Crippen LogP contribution in [0.1, 0.15) is 17.7 Å². The molecule has 1 amide bonds. The van der Waals surface area contributed by atoms with Gasteiger partial charge in [-0.2, -0.15) is 0 Å². The predicted molar refractivity (Wildman–Crippen MR) is 94.1 cm³/mol. The van der Waals surface area contributed by atoms with E-state index >= 15 is 0 Å². The molecule has 3 aromatic rings. The normalized spacial score (nSPS) is 12.0. The van der Waals surface area contributed by atoms with Gasteiger partial charge in [-0.05, 0) is 30.2 Å². The highest BCUT2D eigenvalue weighted by Gasteiger charge is 2.21. The first-order valence-corrected chi connectivity index (χ1v) is 8.10. The Morgan fingerprint density at radius 1 is 1.16 bits per heavy atom. The van der Waals surface area contributed by atoms with Crippen molar-refractivity contribution in [1.82, 2.24) is 15.3 Å². The molecule has 3 N–H and O–H groups in total. The van der Waals surface area contributed by atoms with Gasteiger partial charge in [-0.3, -0.25) is 9.78 Å². The number of hydrogen-bond acceptors (Lipinski definition) is 3. The molecule has 3 rings (SSSR count). The summed E-state index contributed by atoms with van der Waals surface area (Å²) in [5, 5.41) is 13.0. The fourth-order valence-corrected chi connectivity index (χ4v) is 2.77. The monoisotopic (exact) mass is 337 g/mol. The van der Waals surface area contributed by atoms with Crippen molar-refractivity contribution in [1.29, 1.82) is 0 Å². The van der Waals surface area contributed by atoms with Gasteiger partial charge in [0.25, 0.3) is 0 Å².